The Bertz CT molecular complexity index is 203. The van der Waals surface area contributed by atoms with E-state index in [-0.39, 0.29) is 0 Å². The molecule has 1 aliphatic carbocycles. The predicted octanol–water partition coefficient (Wildman–Crippen LogP) is 3.72. The zero-order valence-corrected chi connectivity index (χ0v) is 9.46. The number of allylic oxidation sites excluding steroid dienone is 3. The van der Waals surface area contributed by atoms with Crippen LogP contribution in [0, 0.1) is 5.92 Å². The summed E-state index contributed by atoms with van der Waals surface area (Å²) in [6.45, 7) is 6.23. The van der Waals surface area contributed by atoms with Gasteiger partial charge in [-0.15, -0.1) is 0 Å². The minimum atomic E-state index is 0.700. The molecule has 0 saturated carbocycles. The van der Waals surface area contributed by atoms with Crippen LogP contribution in [0.4, 0.5) is 0 Å². The number of hydrogen-bond donors (Lipinski definition) is 0. The van der Waals surface area contributed by atoms with Crippen LogP contribution in [0.25, 0.3) is 0 Å². The fourth-order valence-electron chi connectivity index (χ4n) is 1.45. The second-order valence-corrected chi connectivity index (χ2v) is 4.10. The molecular formula is C13H22O. The largest absolute Gasteiger partial charge is 0.381 e. The van der Waals surface area contributed by atoms with Crippen LogP contribution in [-0.4, -0.2) is 13.2 Å². The van der Waals surface area contributed by atoms with Crippen molar-refractivity contribution < 1.29 is 4.74 Å². The van der Waals surface area contributed by atoms with Crippen LogP contribution in [-0.2, 0) is 4.74 Å². The van der Waals surface area contributed by atoms with E-state index < -0.39 is 0 Å². The molecule has 1 atom stereocenters. The fraction of sp³-hybridized carbons (Fsp3) is 0.692. The van der Waals surface area contributed by atoms with Crippen molar-refractivity contribution in [2.75, 3.05) is 13.2 Å². The van der Waals surface area contributed by atoms with E-state index in [9.17, 15) is 0 Å². The molecule has 1 rings (SSSR count). The minimum Gasteiger partial charge on any atom is -0.381 e. The summed E-state index contributed by atoms with van der Waals surface area (Å²) in [4.78, 5) is 0. The van der Waals surface area contributed by atoms with Crippen molar-refractivity contribution in [1.29, 1.82) is 0 Å². The summed E-state index contributed by atoms with van der Waals surface area (Å²) in [5, 5.41) is 0. The van der Waals surface area contributed by atoms with Crippen LogP contribution in [0.2, 0.25) is 0 Å². The van der Waals surface area contributed by atoms with E-state index in [4.69, 9.17) is 4.74 Å². The molecule has 1 aliphatic rings. The van der Waals surface area contributed by atoms with Gasteiger partial charge in [0.05, 0.1) is 6.61 Å². The zero-order valence-electron chi connectivity index (χ0n) is 9.46. The van der Waals surface area contributed by atoms with Crippen molar-refractivity contribution in [3.05, 3.63) is 23.8 Å². The van der Waals surface area contributed by atoms with Gasteiger partial charge in [0.2, 0.25) is 0 Å². The lowest BCUT2D eigenvalue weighted by Crippen LogP contribution is -2.06. The lowest BCUT2D eigenvalue weighted by atomic mass is 10.1. The first kappa shape index (κ1) is 11.5. The Morgan fingerprint density at radius 3 is 2.93 bits per heavy atom. The summed E-state index contributed by atoms with van der Waals surface area (Å²) in [5.74, 6) is 0.700. The first-order chi connectivity index (χ1) is 6.83. The van der Waals surface area contributed by atoms with Crippen molar-refractivity contribution in [1.82, 2.24) is 0 Å². The molecule has 0 spiro atoms. The van der Waals surface area contributed by atoms with Crippen molar-refractivity contribution in [2.24, 2.45) is 5.92 Å². The maximum absolute atomic E-state index is 5.61. The van der Waals surface area contributed by atoms with Crippen LogP contribution in [0.1, 0.15) is 39.5 Å². The predicted molar refractivity (Wildman–Crippen MR) is 61.3 cm³/mol. The molecule has 0 bridgehead atoms. The molecule has 0 aromatic rings. The summed E-state index contributed by atoms with van der Waals surface area (Å²) in [6, 6.07) is 0. The Morgan fingerprint density at radius 1 is 1.43 bits per heavy atom. The summed E-state index contributed by atoms with van der Waals surface area (Å²) in [5.41, 5.74) is 1.44. The topological polar surface area (TPSA) is 9.23 Å². The van der Waals surface area contributed by atoms with Crippen molar-refractivity contribution in [3.63, 3.8) is 0 Å². The van der Waals surface area contributed by atoms with Gasteiger partial charge in [-0.05, 0) is 25.2 Å². The van der Waals surface area contributed by atoms with Crippen LogP contribution < -0.4 is 0 Å². The third kappa shape index (κ3) is 4.61. The highest BCUT2D eigenvalue weighted by molar-refractivity contribution is 5.21. The van der Waals surface area contributed by atoms with Crippen molar-refractivity contribution in [3.8, 4) is 0 Å². The van der Waals surface area contributed by atoms with Gasteiger partial charge in [-0.25, -0.2) is 0 Å². The second kappa shape index (κ2) is 6.83. The molecule has 0 heterocycles. The van der Waals surface area contributed by atoms with Crippen LogP contribution in [0.15, 0.2) is 23.8 Å². The smallest absolute Gasteiger partial charge is 0.0506 e. The van der Waals surface area contributed by atoms with E-state index in [2.05, 4.69) is 32.1 Å². The van der Waals surface area contributed by atoms with E-state index in [0.29, 0.717) is 5.92 Å². The van der Waals surface area contributed by atoms with Crippen LogP contribution in [0.3, 0.4) is 0 Å². The summed E-state index contributed by atoms with van der Waals surface area (Å²) in [6.07, 6.45) is 11.5. The average Bonchev–Trinajstić information content (AvgIpc) is 2.25. The van der Waals surface area contributed by atoms with E-state index in [1.165, 1.54) is 24.8 Å². The molecule has 0 saturated heterocycles. The molecular weight excluding hydrogens is 172 g/mol. The van der Waals surface area contributed by atoms with Gasteiger partial charge in [0, 0.05) is 6.61 Å². The van der Waals surface area contributed by atoms with E-state index in [1.54, 1.807) is 0 Å². The van der Waals surface area contributed by atoms with Crippen LogP contribution >= 0.6 is 0 Å². The minimum absolute atomic E-state index is 0.700. The van der Waals surface area contributed by atoms with Gasteiger partial charge in [-0.1, -0.05) is 44.1 Å². The molecule has 1 unspecified atom stereocenters. The molecule has 0 amide bonds. The highest BCUT2D eigenvalue weighted by Gasteiger charge is 2.00. The first-order valence-corrected chi connectivity index (χ1v) is 5.76. The molecule has 0 radical (unpaired) electrons. The van der Waals surface area contributed by atoms with Gasteiger partial charge in [-0.2, -0.15) is 0 Å². The quantitative estimate of drug-likeness (QED) is 0.586. The van der Waals surface area contributed by atoms with Crippen molar-refractivity contribution in [2.45, 2.75) is 39.5 Å². The molecule has 0 aromatic heterocycles. The lowest BCUT2D eigenvalue weighted by Gasteiger charge is -2.10. The summed E-state index contributed by atoms with van der Waals surface area (Å²) >= 11 is 0. The Labute approximate surface area is 87.8 Å². The van der Waals surface area contributed by atoms with Gasteiger partial charge in [0.15, 0.2) is 0 Å². The van der Waals surface area contributed by atoms with Gasteiger partial charge in [0.25, 0.3) is 0 Å². The maximum Gasteiger partial charge on any atom is 0.0506 e. The highest BCUT2D eigenvalue weighted by atomic mass is 16.5. The SMILES string of the molecule is CCC(C)COCCC1=CCCC=C1. The third-order valence-electron chi connectivity index (χ3n) is 2.71. The summed E-state index contributed by atoms with van der Waals surface area (Å²) < 4.78 is 5.61. The third-order valence-corrected chi connectivity index (χ3v) is 2.71. The normalized spacial score (nSPS) is 18.0. The van der Waals surface area contributed by atoms with Crippen molar-refractivity contribution >= 4 is 0 Å². The fourth-order valence-corrected chi connectivity index (χ4v) is 1.45. The van der Waals surface area contributed by atoms with E-state index in [1.807, 2.05) is 0 Å². The molecule has 80 valence electrons. The maximum atomic E-state index is 5.61. The van der Waals surface area contributed by atoms with Crippen LogP contribution in [0.5, 0.6) is 0 Å². The molecule has 0 fully saturated rings. The second-order valence-electron chi connectivity index (χ2n) is 4.10. The first-order valence-electron chi connectivity index (χ1n) is 5.76. The van der Waals surface area contributed by atoms with Gasteiger partial charge >= 0.3 is 0 Å². The lowest BCUT2D eigenvalue weighted by molar-refractivity contribution is 0.106. The summed E-state index contributed by atoms with van der Waals surface area (Å²) in [7, 11) is 0. The molecule has 1 heteroatoms. The molecule has 0 aliphatic heterocycles. The Balaban J connectivity index is 2.03. The number of ether oxygens (including phenoxy) is 1. The van der Waals surface area contributed by atoms with E-state index >= 15 is 0 Å². The Morgan fingerprint density at radius 2 is 2.29 bits per heavy atom. The molecule has 1 nitrogen and oxygen atoms in total. The monoisotopic (exact) mass is 194 g/mol. The zero-order chi connectivity index (χ0) is 10.2. The van der Waals surface area contributed by atoms with Gasteiger partial charge in [0.1, 0.15) is 0 Å². The Hall–Kier alpha value is -0.560. The standard InChI is InChI=1S/C13H22O/c1-3-12(2)11-14-10-9-13-7-5-4-6-8-13/h5,7-8,12H,3-4,6,9-11H2,1-2H3. The number of rotatable bonds is 6. The van der Waals surface area contributed by atoms with Gasteiger partial charge < -0.3 is 4.74 Å². The molecule has 0 N–H and O–H groups in total. The molecule has 14 heavy (non-hydrogen) atoms. The van der Waals surface area contributed by atoms with Gasteiger partial charge in [-0.3, -0.25) is 0 Å². The molecule has 0 aromatic carbocycles. The number of hydrogen-bond acceptors (Lipinski definition) is 1. The average molecular weight is 194 g/mol. The highest BCUT2D eigenvalue weighted by Crippen LogP contribution is 2.13. The Kier molecular flexibility index (Phi) is 5.62. The van der Waals surface area contributed by atoms with E-state index in [0.717, 1.165) is 19.6 Å².